The Morgan fingerprint density at radius 3 is 2.65 bits per heavy atom. The van der Waals surface area contributed by atoms with Crippen LogP contribution in [-0.4, -0.2) is 11.0 Å². The van der Waals surface area contributed by atoms with Gasteiger partial charge in [-0.1, -0.05) is 33.1 Å². The minimum absolute atomic E-state index is 0.263. The fraction of sp³-hybridized carbons (Fsp3) is 0.643. The first-order chi connectivity index (χ1) is 8.15. The average molecular weight is 236 g/mol. The first-order valence-corrected chi connectivity index (χ1v) is 6.52. The zero-order valence-electron chi connectivity index (χ0n) is 10.6. The van der Waals surface area contributed by atoms with Gasteiger partial charge in [0.2, 0.25) is 0 Å². The van der Waals surface area contributed by atoms with Gasteiger partial charge in [0, 0.05) is 12.1 Å². The number of aromatic nitrogens is 1. The highest BCUT2D eigenvalue weighted by atomic mass is 19.1. The van der Waals surface area contributed by atoms with Gasteiger partial charge in [-0.3, -0.25) is 4.98 Å². The van der Waals surface area contributed by atoms with E-state index >= 15 is 0 Å². The maximum Gasteiger partial charge on any atom is 0.141 e. The van der Waals surface area contributed by atoms with E-state index in [0.717, 1.165) is 18.0 Å². The summed E-state index contributed by atoms with van der Waals surface area (Å²) >= 11 is 0. The third-order valence-electron chi connectivity index (χ3n) is 3.44. The van der Waals surface area contributed by atoms with Crippen LogP contribution in [0.15, 0.2) is 18.3 Å². The molecule has 2 rings (SSSR count). The molecule has 1 aliphatic carbocycles. The Labute approximate surface area is 103 Å². The molecule has 1 aromatic heterocycles. The quantitative estimate of drug-likeness (QED) is 0.847. The fourth-order valence-corrected chi connectivity index (χ4v) is 2.33. The molecule has 3 heteroatoms. The van der Waals surface area contributed by atoms with Crippen molar-refractivity contribution in [2.24, 2.45) is 5.92 Å². The summed E-state index contributed by atoms with van der Waals surface area (Å²) in [6, 6.07) is 3.99. The Morgan fingerprint density at radius 1 is 1.41 bits per heavy atom. The second-order valence-electron chi connectivity index (χ2n) is 5.31. The van der Waals surface area contributed by atoms with Crippen LogP contribution in [0.1, 0.15) is 51.3 Å². The molecule has 1 N–H and O–H groups in total. The summed E-state index contributed by atoms with van der Waals surface area (Å²) in [6.45, 7) is 4.27. The molecule has 17 heavy (non-hydrogen) atoms. The molecule has 0 saturated heterocycles. The number of halogens is 1. The highest BCUT2D eigenvalue weighted by Gasteiger charge is 2.24. The van der Waals surface area contributed by atoms with Crippen molar-refractivity contribution < 1.29 is 4.39 Å². The zero-order chi connectivity index (χ0) is 12.3. The van der Waals surface area contributed by atoms with Gasteiger partial charge < -0.3 is 5.32 Å². The lowest BCUT2D eigenvalue weighted by atomic mass is 9.80. The molecular weight excluding hydrogens is 215 g/mol. The van der Waals surface area contributed by atoms with Gasteiger partial charge in [0.1, 0.15) is 5.82 Å². The Morgan fingerprint density at radius 2 is 2.18 bits per heavy atom. The van der Waals surface area contributed by atoms with Crippen LogP contribution >= 0.6 is 0 Å². The van der Waals surface area contributed by atoms with E-state index in [2.05, 4.69) is 24.1 Å². The number of hydrogen-bond acceptors (Lipinski definition) is 2. The molecule has 94 valence electrons. The predicted molar refractivity (Wildman–Crippen MR) is 67.2 cm³/mol. The minimum Gasteiger partial charge on any atom is -0.306 e. The molecule has 1 heterocycles. The summed E-state index contributed by atoms with van der Waals surface area (Å²) < 4.78 is 12.9. The Bertz CT molecular complexity index is 344. The monoisotopic (exact) mass is 236 g/mol. The van der Waals surface area contributed by atoms with Gasteiger partial charge in [-0.05, 0) is 24.5 Å². The molecule has 2 nitrogen and oxygen atoms in total. The van der Waals surface area contributed by atoms with Gasteiger partial charge in [0.15, 0.2) is 0 Å². The van der Waals surface area contributed by atoms with E-state index in [0.29, 0.717) is 6.04 Å². The predicted octanol–water partition coefficient (Wildman–Crippen LogP) is 3.45. The molecule has 1 aliphatic rings. The van der Waals surface area contributed by atoms with Crippen LogP contribution in [0.25, 0.3) is 0 Å². The van der Waals surface area contributed by atoms with Crippen LogP contribution in [0.4, 0.5) is 4.39 Å². The van der Waals surface area contributed by atoms with E-state index in [1.54, 1.807) is 6.07 Å². The SMILES string of the molecule is CC(C)NC(CC1CCC1)c1ccc(F)cn1. The second-order valence-corrected chi connectivity index (χ2v) is 5.31. The first-order valence-electron chi connectivity index (χ1n) is 6.52. The Balaban J connectivity index is 2.04. The molecule has 1 unspecified atom stereocenters. The van der Waals surface area contributed by atoms with Crippen LogP contribution in [-0.2, 0) is 0 Å². The Kier molecular flexibility index (Phi) is 4.11. The molecule has 1 fully saturated rings. The molecular formula is C14H21FN2. The van der Waals surface area contributed by atoms with Crippen LogP contribution in [0.3, 0.4) is 0 Å². The van der Waals surface area contributed by atoms with Crippen molar-refractivity contribution >= 4 is 0 Å². The van der Waals surface area contributed by atoms with Crippen LogP contribution in [0.2, 0.25) is 0 Å². The average Bonchev–Trinajstić information content (AvgIpc) is 2.22. The van der Waals surface area contributed by atoms with Crippen molar-refractivity contribution in [1.29, 1.82) is 0 Å². The van der Waals surface area contributed by atoms with Crippen molar-refractivity contribution in [1.82, 2.24) is 10.3 Å². The van der Waals surface area contributed by atoms with E-state index in [9.17, 15) is 4.39 Å². The smallest absolute Gasteiger partial charge is 0.141 e. The topological polar surface area (TPSA) is 24.9 Å². The number of hydrogen-bond donors (Lipinski definition) is 1. The molecule has 0 spiro atoms. The van der Waals surface area contributed by atoms with Gasteiger partial charge in [-0.15, -0.1) is 0 Å². The third-order valence-corrected chi connectivity index (χ3v) is 3.44. The summed E-state index contributed by atoms with van der Waals surface area (Å²) in [6.07, 6.45) is 6.45. The summed E-state index contributed by atoms with van der Waals surface area (Å²) in [4.78, 5) is 4.21. The molecule has 0 amide bonds. The Hall–Kier alpha value is -0.960. The van der Waals surface area contributed by atoms with E-state index < -0.39 is 0 Å². The van der Waals surface area contributed by atoms with Crippen molar-refractivity contribution in [2.75, 3.05) is 0 Å². The van der Waals surface area contributed by atoms with Crippen molar-refractivity contribution in [3.63, 3.8) is 0 Å². The molecule has 0 aromatic carbocycles. The van der Waals surface area contributed by atoms with E-state index in [4.69, 9.17) is 0 Å². The van der Waals surface area contributed by atoms with Crippen molar-refractivity contribution in [3.05, 3.63) is 29.8 Å². The summed E-state index contributed by atoms with van der Waals surface area (Å²) in [7, 11) is 0. The fourth-order valence-electron chi connectivity index (χ4n) is 2.33. The maximum absolute atomic E-state index is 12.9. The van der Waals surface area contributed by atoms with Gasteiger partial charge in [0.05, 0.1) is 11.9 Å². The van der Waals surface area contributed by atoms with Gasteiger partial charge in [0.25, 0.3) is 0 Å². The summed E-state index contributed by atoms with van der Waals surface area (Å²) in [5.74, 6) is 0.554. The molecule has 0 bridgehead atoms. The standard InChI is InChI=1S/C14H21FN2/c1-10(2)17-14(8-11-4-3-5-11)13-7-6-12(15)9-16-13/h6-7,9-11,14,17H,3-5,8H2,1-2H3. The van der Waals surface area contributed by atoms with Crippen LogP contribution in [0.5, 0.6) is 0 Å². The highest BCUT2D eigenvalue weighted by Crippen LogP contribution is 2.34. The molecule has 1 aromatic rings. The van der Waals surface area contributed by atoms with Gasteiger partial charge in [-0.25, -0.2) is 4.39 Å². The van der Waals surface area contributed by atoms with E-state index in [1.165, 1.54) is 31.5 Å². The second kappa shape index (κ2) is 5.58. The lowest BCUT2D eigenvalue weighted by molar-refractivity contribution is 0.253. The van der Waals surface area contributed by atoms with Gasteiger partial charge in [-0.2, -0.15) is 0 Å². The first kappa shape index (κ1) is 12.5. The molecule has 0 aliphatic heterocycles. The highest BCUT2D eigenvalue weighted by molar-refractivity contribution is 5.10. The zero-order valence-corrected chi connectivity index (χ0v) is 10.6. The van der Waals surface area contributed by atoms with Gasteiger partial charge >= 0.3 is 0 Å². The molecule has 0 radical (unpaired) electrons. The number of nitrogens with zero attached hydrogens (tertiary/aromatic N) is 1. The maximum atomic E-state index is 12.9. The lowest BCUT2D eigenvalue weighted by Crippen LogP contribution is -2.31. The normalized spacial score (nSPS) is 18.1. The molecule has 1 atom stereocenters. The lowest BCUT2D eigenvalue weighted by Gasteiger charge is -2.31. The number of pyridine rings is 1. The van der Waals surface area contributed by atoms with E-state index in [-0.39, 0.29) is 11.9 Å². The largest absolute Gasteiger partial charge is 0.306 e. The number of nitrogens with one attached hydrogen (secondary N) is 1. The van der Waals surface area contributed by atoms with Crippen LogP contribution < -0.4 is 5.32 Å². The third kappa shape index (κ3) is 3.50. The minimum atomic E-state index is -0.263. The van der Waals surface area contributed by atoms with Crippen molar-refractivity contribution in [2.45, 2.75) is 51.6 Å². The van der Waals surface area contributed by atoms with E-state index in [1.807, 2.05) is 0 Å². The van der Waals surface area contributed by atoms with Crippen LogP contribution in [0, 0.1) is 11.7 Å². The summed E-state index contributed by atoms with van der Waals surface area (Å²) in [5.41, 5.74) is 0.965. The number of rotatable bonds is 5. The van der Waals surface area contributed by atoms with Crippen molar-refractivity contribution in [3.8, 4) is 0 Å². The summed E-state index contributed by atoms with van der Waals surface area (Å²) in [5, 5.41) is 3.53. The molecule has 1 saturated carbocycles.